The van der Waals surface area contributed by atoms with Crippen LogP contribution in [0.4, 0.5) is 0 Å². The number of carbonyl (C=O) groups excluding carboxylic acids is 1. The third-order valence-corrected chi connectivity index (χ3v) is 2.51. The molecular formula is C14H15N3O3. The lowest BCUT2D eigenvalue weighted by molar-refractivity contribution is -0.128. The van der Waals surface area contributed by atoms with Crippen LogP contribution >= 0.6 is 0 Å². The highest BCUT2D eigenvalue weighted by molar-refractivity contribution is 5.95. The molecule has 20 heavy (non-hydrogen) atoms. The van der Waals surface area contributed by atoms with Gasteiger partial charge in [0.25, 0.3) is 5.97 Å². The molecule has 0 aliphatic carbocycles. The van der Waals surface area contributed by atoms with E-state index in [2.05, 4.69) is 6.58 Å². The summed E-state index contributed by atoms with van der Waals surface area (Å²) in [7, 11) is 0. The van der Waals surface area contributed by atoms with E-state index in [0.717, 1.165) is 6.08 Å². The third-order valence-electron chi connectivity index (χ3n) is 2.51. The molecule has 0 bridgehead atoms. The maximum absolute atomic E-state index is 11.3. The van der Waals surface area contributed by atoms with Crippen LogP contribution in [0.2, 0.25) is 0 Å². The summed E-state index contributed by atoms with van der Waals surface area (Å²) in [5.41, 5.74) is 16.3. The van der Waals surface area contributed by atoms with E-state index in [0.29, 0.717) is 22.3 Å². The fourth-order valence-electron chi connectivity index (χ4n) is 1.76. The predicted octanol–water partition coefficient (Wildman–Crippen LogP) is 0.797. The molecule has 0 fully saturated rings. The van der Waals surface area contributed by atoms with Crippen molar-refractivity contribution in [1.82, 2.24) is 0 Å². The topological polar surface area (TPSA) is 114 Å². The summed E-state index contributed by atoms with van der Waals surface area (Å²) in [6.07, 6.45) is 1.09. The van der Waals surface area contributed by atoms with Gasteiger partial charge < -0.3 is 9.47 Å². The van der Waals surface area contributed by atoms with Gasteiger partial charge in [0, 0.05) is 16.8 Å². The standard InChI is InChI=1S/C14H15N3O3/c1-2-13(18)19-11-7-8-12(20-14(15,16)17)10-6-4-3-5-9(10)11/h2-8H,1,15-17H2. The lowest BCUT2D eigenvalue weighted by atomic mass is 10.1. The number of benzene rings is 2. The van der Waals surface area contributed by atoms with Crippen LogP contribution in [0, 0.1) is 0 Å². The number of fused-ring (bicyclic) bond motifs is 1. The van der Waals surface area contributed by atoms with Gasteiger partial charge in [0.1, 0.15) is 11.5 Å². The van der Waals surface area contributed by atoms with E-state index in [4.69, 9.17) is 26.7 Å². The fraction of sp³-hybridized carbons (Fsp3) is 0.0714. The second-order valence-corrected chi connectivity index (χ2v) is 4.19. The molecule has 0 spiro atoms. The first-order valence-electron chi connectivity index (χ1n) is 5.82. The first-order valence-corrected chi connectivity index (χ1v) is 5.82. The van der Waals surface area contributed by atoms with Crippen molar-refractivity contribution < 1.29 is 14.3 Å². The number of hydrogen-bond acceptors (Lipinski definition) is 6. The van der Waals surface area contributed by atoms with Crippen molar-refractivity contribution in [3.05, 3.63) is 49.1 Å². The fourth-order valence-corrected chi connectivity index (χ4v) is 1.76. The Hall–Kier alpha value is -2.41. The van der Waals surface area contributed by atoms with Gasteiger partial charge in [-0.3, -0.25) is 17.2 Å². The van der Waals surface area contributed by atoms with Crippen molar-refractivity contribution >= 4 is 16.7 Å². The van der Waals surface area contributed by atoms with Gasteiger partial charge in [0.2, 0.25) is 0 Å². The number of esters is 1. The first kappa shape index (κ1) is 14.0. The first-order chi connectivity index (χ1) is 9.40. The van der Waals surface area contributed by atoms with E-state index < -0.39 is 11.9 Å². The highest BCUT2D eigenvalue weighted by Crippen LogP contribution is 2.33. The van der Waals surface area contributed by atoms with Crippen LogP contribution in [-0.4, -0.2) is 11.9 Å². The molecule has 0 aliphatic heterocycles. The Kier molecular flexibility index (Phi) is 3.71. The molecule has 2 aromatic carbocycles. The van der Waals surface area contributed by atoms with E-state index in [1.807, 2.05) is 0 Å². The Morgan fingerprint density at radius 1 is 1.05 bits per heavy atom. The van der Waals surface area contributed by atoms with Crippen molar-refractivity contribution in [2.45, 2.75) is 5.97 Å². The van der Waals surface area contributed by atoms with Crippen molar-refractivity contribution in [3.8, 4) is 11.5 Å². The van der Waals surface area contributed by atoms with E-state index in [-0.39, 0.29) is 0 Å². The molecular weight excluding hydrogens is 258 g/mol. The minimum Gasteiger partial charge on any atom is -0.446 e. The van der Waals surface area contributed by atoms with Crippen LogP contribution in [-0.2, 0) is 4.79 Å². The van der Waals surface area contributed by atoms with E-state index in [1.165, 1.54) is 0 Å². The summed E-state index contributed by atoms with van der Waals surface area (Å²) in [4.78, 5) is 11.3. The molecule has 6 heteroatoms. The summed E-state index contributed by atoms with van der Waals surface area (Å²) in [6.45, 7) is 3.35. The second kappa shape index (κ2) is 5.30. The van der Waals surface area contributed by atoms with Crippen molar-refractivity contribution in [2.24, 2.45) is 17.2 Å². The quantitative estimate of drug-likeness (QED) is 0.328. The monoisotopic (exact) mass is 273 g/mol. The summed E-state index contributed by atoms with van der Waals surface area (Å²) in [6, 6.07) is 10.3. The van der Waals surface area contributed by atoms with Gasteiger partial charge in [-0.1, -0.05) is 30.8 Å². The number of carbonyl (C=O) groups is 1. The summed E-state index contributed by atoms with van der Waals surface area (Å²) in [5.74, 6) is -1.56. The van der Waals surface area contributed by atoms with Crippen molar-refractivity contribution in [3.63, 3.8) is 0 Å². The lowest BCUT2D eigenvalue weighted by Crippen LogP contribution is -2.62. The molecule has 0 amide bonds. The molecule has 6 nitrogen and oxygen atoms in total. The number of hydrogen-bond donors (Lipinski definition) is 3. The van der Waals surface area contributed by atoms with Gasteiger partial charge in [-0.25, -0.2) is 4.79 Å². The molecule has 0 heterocycles. The van der Waals surface area contributed by atoms with Gasteiger partial charge in [-0.05, 0) is 12.1 Å². The molecule has 0 aliphatic rings. The average molecular weight is 273 g/mol. The number of rotatable bonds is 4. The summed E-state index contributed by atoms with van der Waals surface area (Å²) >= 11 is 0. The number of nitrogens with two attached hydrogens (primary N) is 3. The minimum absolute atomic E-state index is 0.384. The number of ether oxygens (including phenoxy) is 2. The molecule has 0 radical (unpaired) electrons. The van der Waals surface area contributed by atoms with Crippen molar-refractivity contribution in [2.75, 3.05) is 0 Å². The highest BCUT2D eigenvalue weighted by Gasteiger charge is 2.17. The van der Waals surface area contributed by atoms with E-state index in [1.54, 1.807) is 36.4 Å². The molecule has 0 unspecified atom stereocenters. The van der Waals surface area contributed by atoms with Gasteiger partial charge in [-0.2, -0.15) is 0 Å². The third kappa shape index (κ3) is 3.12. The Morgan fingerprint density at radius 2 is 1.60 bits per heavy atom. The SMILES string of the molecule is C=CC(=O)Oc1ccc(OC(N)(N)N)c2ccccc12. The minimum atomic E-state index is -1.79. The molecule has 0 saturated carbocycles. The Balaban J connectivity index is 2.52. The van der Waals surface area contributed by atoms with E-state index in [9.17, 15) is 4.79 Å². The zero-order valence-electron chi connectivity index (χ0n) is 10.7. The van der Waals surface area contributed by atoms with Crippen molar-refractivity contribution in [1.29, 1.82) is 0 Å². The van der Waals surface area contributed by atoms with Gasteiger partial charge in [-0.15, -0.1) is 0 Å². The van der Waals surface area contributed by atoms with Crippen LogP contribution < -0.4 is 26.7 Å². The molecule has 2 rings (SSSR count). The van der Waals surface area contributed by atoms with Gasteiger partial charge >= 0.3 is 5.97 Å². The van der Waals surface area contributed by atoms with Crippen LogP contribution in [0.25, 0.3) is 10.8 Å². The maximum atomic E-state index is 11.3. The zero-order chi connectivity index (χ0) is 14.8. The second-order valence-electron chi connectivity index (χ2n) is 4.19. The van der Waals surface area contributed by atoms with E-state index >= 15 is 0 Å². The van der Waals surface area contributed by atoms with Crippen LogP contribution in [0.15, 0.2) is 49.1 Å². The summed E-state index contributed by atoms with van der Waals surface area (Å²) < 4.78 is 10.4. The zero-order valence-corrected chi connectivity index (χ0v) is 10.7. The van der Waals surface area contributed by atoms with Crippen LogP contribution in [0.3, 0.4) is 0 Å². The molecule has 104 valence electrons. The molecule has 0 atom stereocenters. The Bertz CT molecular complexity index is 662. The predicted molar refractivity (Wildman–Crippen MR) is 75.7 cm³/mol. The maximum Gasteiger partial charge on any atom is 0.335 e. The Labute approximate surface area is 115 Å². The molecule has 0 aromatic heterocycles. The van der Waals surface area contributed by atoms with Gasteiger partial charge in [0.15, 0.2) is 0 Å². The Morgan fingerprint density at radius 3 is 2.15 bits per heavy atom. The van der Waals surface area contributed by atoms with Crippen LogP contribution in [0.1, 0.15) is 0 Å². The van der Waals surface area contributed by atoms with Gasteiger partial charge in [0.05, 0.1) is 0 Å². The molecule has 6 N–H and O–H groups in total. The highest BCUT2D eigenvalue weighted by atomic mass is 16.5. The van der Waals surface area contributed by atoms with Crippen LogP contribution in [0.5, 0.6) is 11.5 Å². The lowest BCUT2D eigenvalue weighted by Gasteiger charge is -2.21. The molecule has 0 saturated heterocycles. The smallest absolute Gasteiger partial charge is 0.335 e. The normalized spacial score (nSPS) is 11.2. The molecule has 2 aromatic rings. The largest absolute Gasteiger partial charge is 0.446 e. The average Bonchev–Trinajstić information content (AvgIpc) is 2.40. The summed E-state index contributed by atoms with van der Waals surface area (Å²) in [5, 5.41) is 1.34.